The second-order valence-corrected chi connectivity index (χ2v) is 8.54. The maximum atomic E-state index is 12.7. The van der Waals surface area contributed by atoms with E-state index in [1.807, 2.05) is 6.07 Å². The zero-order chi connectivity index (χ0) is 24.6. The molecule has 3 aromatic rings. The summed E-state index contributed by atoms with van der Waals surface area (Å²) in [7, 11) is 0. The minimum Gasteiger partial charge on any atom is -0.477 e. The molecule has 0 radical (unpaired) electrons. The highest BCUT2D eigenvalue weighted by atomic mass is 16.5. The number of rotatable bonds is 8. The van der Waals surface area contributed by atoms with E-state index < -0.39 is 0 Å². The van der Waals surface area contributed by atoms with Crippen LogP contribution in [-0.2, 0) is 6.54 Å². The number of pyridine rings is 1. The monoisotopic (exact) mass is 471 g/mol. The van der Waals surface area contributed by atoms with E-state index in [0.29, 0.717) is 19.1 Å². The van der Waals surface area contributed by atoms with E-state index in [1.165, 1.54) is 11.6 Å². The van der Waals surface area contributed by atoms with E-state index >= 15 is 0 Å². The van der Waals surface area contributed by atoms with Gasteiger partial charge >= 0.3 is 0 Å². The van der Waals surface area contributed by atoms with Crippen LogP contribution >= 0.6 is 0 Å². The lowest BCUT2D eigenvalue weighted by molar-refractivity contribution is 0.0929. The van der Waals surface area contributed by atoms with E-state index in [2.05, 4.69) is 49.4 Å². The molecule has 0 atom stereocenters. The number of hydrogen-bond donors (Lipinski definition) is 2. The summed E-state index contributed by atoms with van der Waals surface area (Å²) in [5.41, 5.74) is 9.61. The van der Waals surface area contributed by atoms with Crippen LogP contribution < -0.4 is 15.8 Å². The Hall–Kier alpha value is -4.03. The number of carbonyl (C=O) groups is 1. The molecule has 0 bridgehead atoms. The Labute approximate surface area is 205 Å². The fourth-order valence-corrected chi connectivity index (χ4v) is 4.22. The van der Waals surface area contributed by atoms with Crippen molar-refractivity contribution in [2.45, 2.75) is 26.3 Å². The van der Waals surface area contributed by atoms with Crippen molar-refractivity contribution < 1.29 is 9.53 Å². The molecule has 2 aromatic heterocycles. The van der Waals surface area contributed by atoms with Gasteiger partial charge in [-0.05, 0) is 56.5 Å². The standard InChI is InChI=1S/C26H29N7O2/c1-2-35-26-21(14-27)22(28)13-23(32-26)25(34)31-15-18-6-10-33(11-7-18)17-19-4-3-5-20(12-19)24-16-29-8-9-30-24/h3-5,8-9,12-13,16,18H,2,6-7,10-11,15,17H2,1H3,(H2,28,32)(H,31,34). The molecule has 0 unspecified atom stereocenters. The Balaban J connectivity index is 1.28. The number of aromatic nitrogens is 3. The average molecular weight is 472 g/mol. The van der Waals surface area contributed by atoms with E-state index in [1.54, 1.807) is 25.5 Å². The third-order valence-electron chi connectivity index (χ3n) is 6.09. The van der Waals surface area contributed by atoms with Crippen molar-refractivity contribution in [2.24, 2.45) is 5.92 Å². The Morgan fingerprint density at radius 3 is 2.83 bits per heavy atom. The lowest BCUT2D eigenvalue weighted by atomic mass is 9.96. The van der Waals surface area contributed by atoms with Gasteiger partial charge in [0.25, 0.3) is 5.91 Å². The number of likely N-dealkylation sites (tertiary alicyclic amines) is 1. The lowest BCUT2D eigenvalue weighted by Gasteiger charge is -2.32. The Morgan fingerprint density at radius 1 is 1.29 bits per heavy atom. The van der Waals surface area contributed by atoms with Gasteiger partial charge in [-0.25, -0.2) is 4.98 Å². The molecule has 0 saturated carbocycles. The molecule has 9 nitrogen and oxygen atoms in total. The molecule has 1 aromatic carbocycles. The van der Waals surface area contributed by atoms with Gasteiger partial charge in [0.05, 0.1) is 24.2 Å². The number of piperidine rings is 1. The minimum absolute atomic E-state index is 0.0943. The van der Waals surface area contributed by atoms with Gasteiger partial charge in [-0.15, -0.1) is 0 Å². The van der Waals surface area contributed by atoms with Gasteiger partial charge < -0.3 is 15.8 Å². The number of nitrogen functional groups attached to an aromatic ring is 1. The van der Waals surface area contributed by atoms with Gasteiger partial charge in [-0.3, -0.25) is 19.7 Å². The number of carbonyl (C=O) groups excluding carboxylic acids is 1. The summed E-state index contributed by atoms with van der Waals surface area (Å²) in [6.07, 6.45) is 7.15. The summed E-state index contributed by atoms with van der Waals surface area (Å²) in [5.74, 6) is 0.172. The molecule has 1 saturated heterocycles. The first-order chi connectivity index (χ1) is 17.1. The van der Waals surface area contributed by atoms with Gasteiger partial charge in [0.1, 0.15) is 17.3 Å². The summed E-state index contributed by atoms with van der Waals surface area (Å²) < 4.78 is 5.38. The van der Waals surface area contributed by atoms with Crippen LogP contribution in [0.4, 0.5) is 5.69 Å². The first-order valence-electron chi connectivity index (χ1n) is 11.8. The van der Waals surface area contributed by atoms with Crippen molar-refractivity contribution in [1.29, 1.82) is 5.26 Å². The van der Waals surface area contributed by atoms with Gasteiger partial charge in [0, 0.05) is 31.0 Å². The highest BCUT2D eigenvalue weighted by Crippen LogP contribution is 2.24. The van der Waals surface area contributed by atoms with Crippen molar-refractivity contribution in [1.82, 2.24) is 25.2 Å². The molecule has 0 aliphatic carbocycles. The number of nitrogens with one attached hydrogen (secondary N) is 1. The van der Waals surface area contributed by atoms with E-state index in [9.17, 15) is 10.1 Å². The normalized spacial score (nSPS) is 14.3. The average Bonchev–Trinajstić information content (AvgIpc) is 2.89. The number of nitriles is 1. The molecule has 1 fully saturated rings. The fraction of sp³-hybridized carbons (Fsp3) is 0.346. The topological polar surface area (TPSA) is 130 Å². The summed E-state index contributed by atoms with van der Waals surface area (Å²) in [4.78, 5) is 27.8. The molecule has 9 heteroatoms. The number of nitrogens with zero attached hydrogens (tertiary/aromatic N) is 5. The zero-order valence-electron chi connectivity index (χ0n) is 19.8. The molecule has 35 heavy (non-hydrogen) atoms. The van der Waals surface area contributed by atoms with Crippen LogP contribution in [0.15, 0.2) is 48.9 Å². The van der Waals surface area contributed by atoms with Crippen LogP contribution in [0.3, 0.4) is 0 Å². The molecule has 1 aliphatic heterocycles. The van der Waals surface area contributed by atoms with Crippen molar-refractivity contribution in [3.05, 3.63) is 65.7 Å². The number of benzene rings is 1. The molecular formula is C26H29N7O2. The molecule has 1 aliphatic rings. The van der Waals surface area contributed by atoms with Crippen LogP contribution in [0.1, 0.15) is 41.4 Å². The second-order valence-electron chi connectivity index (χ2n) is 8.54. The number of nitrogens with two attached hydrogens (primary N) is 1. The predicted molar refractivity (Wildman–Crippen MR) is 132 cm³/mol. The highest BCUT2D eigenvalue weighted by Gasteiger charge is 2.21. The molecule has 180 valence electrons. The maximum Gasteiger partial charge on any atom is 0.270 e. The van der Waals surface area contributed by atoms with Gasteiger partial charge in [0.15, 0.2) is 0 Å². The van der Waals surface area contributed by atoms with Crippen molar-refractivity contribution in [3.63, 3.8) is 0 Å². The SMILES string of the molecule is CCOc1nc(C(=O)NCC2CCN(Cc3cccc(-c4cnccn4)c3)CC2)cc(N)c1C#N. The minimum atomic E-state index is -0.314. The molecule has 3 heterocycles. The summed E-state index contributed by atoms with van der Waals surface area (Å²) in [5, 5.41) is 12.2. The van der Waals surface area contributed by atoms with Crippen molar-refractivity contribution in [2.75, 3.05) is 32.0 Å². The van der Waals surface area contributed by atoms with Crippen molar-refractivity contribution in [3.8, 4) is 23.2 Å². The summed E-state index contributed by atoms with van der Waals surface area (Å²) in [6, 6.07) is 11.8. The third-order valence-corrected chi connectivity index (χ3v) is 6.09. The van der Waals surface area contributed by atoms with E-state index in [-0.39, 0.29) is 28.7 Å². The lowest BCUT2D eigenvalue weighted by Crippen LogP contribution is -2.38. The highest BCUT2D eigenvalue weighted by molar-refractivity contribution is 5.93. The molecule has 3 N–H and O–H groups in total. The Kier molecular flexibility index (Phi) is 7.85. The van der Waals surface area contributed by atoms with Gasteiger partial charge in [-0.2, -0.15) is 5.26 Å². The molecule has 1 amide bonds. The third kappa shape index (κ3) is 6.11. The fourth-order valence-electron chi connectivity index (χ4n) is 4.22. The van der Waals surface area contributed by atoms with Crippen LogP contribution in [0.25, 0.3) is 11.3 Å². The molecular weight excluding hydrogens is 442 g/mol. The summed E-state index contributed by atoms with van der Waals surface area (Å²) >= 11 is 0. The summed E-state index contributed by atoms with van der Waals surface area (Å²) in [6.45, 7) is 5.49. The molecule has 4 rings (SSSR count). The number of ether oxygens (including phenoxy) is 1. The quantitative estimate of drug-likeness (QED) is 0.513. The number of amides is 1. The van der Waals surface area contributed by atoms with E-state index in [4.69, 9.17) is 10.5 Å². The number of hydrogen-bond acceptors (Lipinski definition) is 8. The van der Waals surface area contributed by atoms with Crippen LogP contribution in [0, 0.1) is 17.2 Å². The number of anilines is 1. The maximum absolute atomic E-state index is 12.7. The molecule has 0 spiro atoms. The van der Waals surface area contributed by atoms with Crippen LogP contribution in [0.5, 0.6) is 5.88 Å². The first kappa shape index (κ1) is 24.1. The van der Waals surface area contributed by atoms with E-state index in [0.717, 1.165) is 43.7 Å². The first-order valence-corrected chi connectivity index (χ1v) is 11.8. The zero-order valence-corrected chi connectivity index (χ0v) is 19.8. The van der Waals surface area contributed by atoms with Crippen LogP contribution in [0.2, 0.25) is 0 Å². The Bertz CT molecular complexity index is 1200. The van der Waals surface area contributed by atoms with Crippen LogP contribution in [-0.4, -0.2) is 52.0 Å². The Morgan fingerprint density at radius 2 is 2.11 bits per heavy atom. The van der Waals surface area contributed by atoms with Crippen molar-refractivity contribution >= 4 is 11.6 Å². The van der Waals surface area contributed by atoms with Gasteiger partial charge in [0.2, 0.25) is 5.88 Å². The second kappa shape index (κ2) is 11.4. The largest absolute Gasteiger partial charge is 0.477 e. The smallest absolute Gasteiger partial charge is 0.270 e. The van der Waals surface area contributed by atoms with Gasteiger partial charge in [-0.1, -0.05) is 18.2 Å². The predicted octanol–water partition coefficient (Wildman–Crippen LogP) is 3.03.